The van der Waals surface area contributed by atoms with Crippen molar-refractivity contribution in [2.75, 3.05) is 6.61 Å². The van der Waals surface area contributed by atoms with E-state index in [0.717, 1.165) is 0 Å². The smallest absolute Gasteiger partial charge is 0.341 e. The molecule has 1 unspecified atom stereocenters. The molecule has 2 heterocycles. The minimum absolute atomic E-state index is 0.245. The van der Waals surface area contributed by atoms with Crippen LogP contribution in [0.1, 0.15) is 20.8 Å². The van der Waals surface area contributed by atoms with Crippen molar-refractivity contribution < 1.29 is 24.1 Å². The zero-order chi connectivity index (χ0) is 10.6. The van der Waals surface area contributed by atoms with Crippen LogP contribution >= 0.6 is 0 Å². The monoisotopic (exact) mass is 202 g/mol. The second kappa shape index (κ2) is 2.68. The second-order valence-corrected chi connectivity index (χ2v) is 4.27. The van der Waals surface area contributed by atoms with Crippen LogP contribution in [0.5, 0.6) is 0 Å². The van der Waals surface area contributed by atoms with Gasteiger partial charge < -0.3 is 19.3 Å². The lowest BCUT2D eigenvalue weighted by atomic mass is 9.99. The molecule has 5 nitrogen and oxygen atoms in total. The second-order valence-electron chi connectivity index (χ2n) is 4.27. The van der Waals surface area contributed by atoms with E-state index in [2.05, 4.69) is 0 Å². The molecule has 0 bridgehead atoms. The van der Waals surface area contributed by atoms with Gasteiger partial charge in [-0.2, -0.15) is 0 Å². The molecule has 0 saturated carbocycles. The van der Waals surface area contributed by atoms with Gasteiger partial charge in [0, 0.05) is 0 Å². The van der Waals surface area contributed by atoms with Crippen LogP contribution in [-0.4, -0.2) is 41.3 Å². The van der Waals surface area contributed by atoms with Crippen molar-refractivity contribution >= 4 is 5.97 Å². The minimum atomic E-state index is -1.07. The minimum Gasteiger partial charge on any atom is -0.455 e. The third-order valence-corrected chi connectivity index (χ3v) is 2.59. The molecule has 0 aromatic carbocycles. The topological polar surface area (TPSA) is 65.0 Å². The van der Waals surface area contributed by atoms with Crippen LogP contribution in [0.15, 0.2) is 0 Å². The van der Waals surface area contributed by atoms with Crippen molar-refractivity contribution in [3.05, 3.63) is 0 Å². The van der Waals surface area contributed by atoms with Gasteiger partial charge in [0.05, 0.1) is 6.61 Å². The summed E-state index contributed by atoms with van der Waals surface area (Å²) >= 11 is 0. The number of fused-ring (bicyclic) bond motifs is 1. The predicted octanol–water partition coefficient (Wildman–Crippen LogP) is -0.186. The van der Waals surface area contributed by atoms with Gasteiger partial charge in [-0.05, 0) is 20.8 Å². The average molecular weight is 202 g/mol. The summed E-state index contributed by atoms with van der Waals surface area (Å²) in [4.78, 5) is 11.5. The van der Waals surface area contributed by atoms with Gasteiger partial charge in [-0.1, -0.05) is 0 Å². The molecule has 2 aliphatic rings. The number of carbonyl (C=O) groups is 1. The first-order chi connectivity index (χ1) is 6.39. The Morgan fingerprint density at radius 1 is 1.43 bits per heavy atom. The highest BCUT2D eigenvalue weighted by Crippen LogP contribution is 2.43. The van der Waals surface area contributed by atoms with Gasteiger partial charge in [0.1, 0.15) is 6.10 Å². The van der Waals surface area contributed by atoms with Crippen molar-refractivity contribution in [1.29, 1.82) is 0 Å². The summed E-state index contributed by atoms with van der Waals surface area (Å²) in [6, 6.07) is 0. The Morgan fingerprint density at radius 2 is 2.07 bits per heavy atom. The highest BCUT2D eigenvalue weighted by Gasteiger charge is 2.64. The van der Waals surface area contributed by atoms with Gasteiger partial charge in [0.15, 0.2) is 17.5 Å². The lowest BCUT2D eigenvalue weighted by Gasteiger charge is -2.21. The highest BCUT2D eigenvalue weighted by molar-refractivity contribution is 5.83. The van der Waals surface area contributed by atoms with Crippen molar-refractivity contribution in [3.8, 4) is 0 Å². The summed E-state index contributed by atoms with van der Waals surface area (Å²) in [5, 5.41) is 9.00. The molecule has 2 saturated heterocycles. The Balaban J connectivity index is 2.30. The Hall–Kier alpha value is -0.650. The Kier molecular flexibility index (Phi) is 1.90. The third-order valence-electron chi connectivity index (χ3n) is 2.59. The van der Waals surface area contributed by atoms with E-state index in [4.69, 9.17) is 19.3 Å². The van der Waals surface area contributed by atoms with Gasteiger partial charge in [0.2, 0.25) is 0 Å². The fourth-order valence-electron chi connectivity index (χ4n) is 2.05. The van der Waals surface area contributed by atoms with E-state index < -0.39 is 29.6 Å². The van der Waals surface area contributed by atoms with Crippen LogP contribution in [-0.2, 0) is 19.0 Å². The third kappa shape index (κ3) is 1.16. The lowest BCUT2D eigenvalue weighted by Crippen LogP contribution is -2.41. The molecule has 2 aliphatic heterocycles. The Morgan fingerprint density at radius 3 is 2.64 bits per heavy atom. The van der Waals surface area contributed by atoms with Crippen molar-refractivity contribution in [1.82, 2.24) is 0 Å². The van der Waals surface area contributed by atoms with Crippen LogP contribution in [0.4, 0.5) is 0 Å². The number of esters is 1. The maximum Gasteiger partial charge on any atom is 0.341 e. The molecule has 1 N–H and O–H groups in total. The molecule has 5 heteroatoms. The average Bonchev–Trinajstić information content (AvgIpc) is 2.42. The first-order valence-electron chi connectivity index (χ1n) is 4.59. The largest absolute Gasteiger partial charge is 0.455 e. The number of aliphatic hydroxyl groups is 1. The summed E-state index contributed by atoms with van der Waals surface area (Å²) in [7, 11) is 0. The van der Waals surface area contributed by atoms with E-state index in [1.165, 1.54) is 0 Å². The number of rotatable bonds is 1. The normalized spacial score (nSPS) is 45.0. The summed E-state index contributed by atoms with van der Waals surface area (Å²) in [5.74, 6) is -1.26. The van der Waals surface area contributed by atoms with Crippen LogP contribution < -0.4 is 0 Å². The van der Waals surface area contributed by atoms with Crippen LogP contribution in [0.25, 0.3) is 0 Å². The van der Waals surface area contributed by atoms with E-state index >= 15 is 0 Å². The lowest BCUT2D eigenvalue weighted by molar-refractivity contribution is -0.198. The molecular weight excluding hydrogens is 188 g/mol. The summed E-state index contributed by atoms with van der Waals surface area (Å²) < 4.78 is 16.0. The zero-order valence-electron chi connectivity index (χ0n) is 8.44. The maximum absolute atomic E-state index is 11.5. The molecule has 0 aromatic heterocycles. The number of carbonyl (C=O) groups excluding carboxylic acids is 1. The zero-order valence-corrected chi connectivity index (χ0v) is 8.44. The van der Waals surface area contributed by atoms with Crippen LogP contribution in [0, 0.1) is 0 Å². The highest BCUT2D eigenvalue weighted by atomic mass is 16.8. The molecule has 0 aliphatic carbocycles. The Labute approximate surface area is 81.9 Å². The predicted molar refractivity (Wildman–Crippen MR) is 45.4 cm³/mol. The number of ether oxygens (including phenoxy) is 3. The van der Waals surface area contributed by atoms with Crippen LogP contribution in [0.2, 0.25) is 0 Å². The summed E-state index contributed by atoms with van der Waals surface area (Å²) in [6.45, 7) is 4.85. The van der Waals surface area contributed by atoms with Gasteiger partial charge in [-0.3, -0.25) is 0 Å². The molecule has 2 fully saturated rings. The number of aliphatic hydroxyl groups excluding tert-OH is 1. The van der Waals surface area contributed by atoms with Crippen LogP contribution in [0.3, 0.4) is 0 Å². The van der Waals surface area contributed by atoms with E-state index in [1.54, 1.807) is 20.8 Å². The SMILES string of the molecule is CC1(C)O[C@@H]2C(CO)OC(=O)[C@]2(C)O1. The molecule has 0 aromatic rings. The quantitative estimate of drug-likeness (QED) is 0.597. The number of hydrogen-bond acceptors (Lipinski definition) is 5. The van der Waals surface area contributed by atoms with Gasteiger partial charge in [-0.25, -0.2) is 4.79 Å². The first kappa shape index (κ1) is 9.89. The fraction of sp³-hybridized carbons (Fsp3) is 0.889. The van der Waals surface area contributed by atoms with E-state index in [1.807, 2.05) is 0 Å². The maximum atomic E-state index is 11.5. The summed E-state index contributed by atoms with van der Waals surface area (Å²) in [5.41, 5.74) is -1.07. The molecule has 0 radical (unpaired) electrons. The molecule has 0 spiro atoms. The molecule has 0 amide bonds. The molecular formula is C9H14O5. The van der Waals surface area contributed by atoms with E-state index in [-0.39, 0.29) is 6.61 Å². The van der Waals surface area contributed by atoms with Gasteiger partial charge >= 0.3 is 5.97 Å². The standard InChI is InChI=1S/C9H14O5/c1-8(2)13-6-5(4-10)12-7(11)9(6,3)14-8/h5-6,10H,4H2,1-3H3/t5?,6-,9-/m1/s1. The summed E-state index contributed by atoms with van der Waals surface area (Å²) in [6.07, 6.45) is -1.13. The van der Waals surface area contributed by atoms with Gasteiger partial charge in [0.25, 0.3) is 0 Å². The van der Waals surface area contributed by atoms with Crippen molar-refractivity contribution in [3.63, 3.8) is 0 Å². The molecule has 2 rings (SSSR count). The van der Waals surface area contributed by atoms with Crippen molar-refractivity contribution in [2.24, 2.45) is 0 Å². The first-order valence-corrected chi connectivity index (χ1v) is 4.59. The van der Waals surface area contributed by atoms with E-state index in [9.17, 15) is 4.79 Å². The molecule has 14 heavy (non-hydrogen) atoms. The van der Waals surface area contributed by atoms with Gasteiger partial charge in [-0.15, -0.1) is 0 Å². The fourth-order valence-corrected chi connectivity index (χ4v) is 2.05. The Bertz CT molecular complexity index is 274. The molecule has 3 atom stereocenters. The molecule has 80 valence electrons. The number of hydrogen-bond donors (Lipinski definition) is 1. The number of cyclic esters (lactones) is 1. The van der Waals surface area contributed by atoms with E-state index in [0.29, 0.717) is 0 Å². The van der Waals surface area contributed by atoms with Crippen molar-refractivity contribution in [2.45, 2.75) is 44.4 Å².